The van der Waals surface area contributed by atoms with Crippen LogP contribution in [0.3, 0.4) is 0 Å². The molecule has 0 aliphatic carbocycles. The summed E-state index contributed by atoms with van der Waals surface area (Å²) in [5, 5.41) is 0. The van der Waals surface area contributed by atoms with Gasteiger partial charge in [0.15, 0.2) is 5.69 Å². The SMILES string of the molecule is COc1cccnc1C(=O)c1cc(C)oc1C. The second-order valence-corrected chi connectivity index (χ2v) is 3.71. The van der Waals surface area contributed by atoms with Gasteiger partial charge in [-0.25, -0.2) is 4.98 Å². The molecule has 0 bridgehead atoms. The Morgan fingerprint density at radius 2 is 2.18 bits per heavy atom. The Morgan fingerprint density at radius 1 is 1.41 bits per heavy atom. The van der Waals surface area contributed by atoms with E-state index >= 15 is 0 Å². The molecule has 2 aromatic rings. The zero-order valence-electron chi connectivity index (χ0n) is 9.98. The van der Waals surface area contributed by atoms with E-state index in [1.807, 2.05) is 0 Å². The molecule has 0 amide bonds. The fourth-order valence-corrected chi connectivity index (χ4v) is 1.71. The van der Waals surface area contributed by atoms with E-state index in [9.17, 15) is 4.79 Å². The van der Waals surface area contributed by atoms with Gasteiger partial charge >= 0.3 is 0 Å². The lowest BCUT2D eigenvalue weighted by molar-refractivity contribution is 0.103. The standard InChI is InChI=1S/C13H13NO3/c1-8-7-10(9(2)17-8)13(15)12-11(16-3)5-4-6-14-12/h4-7H,1-3H3. The van der Waals surface area contributed by atoms with Gasteiger partial charge in [-0.3, -0.25) is 4.79 Å². The van der Waals surface area contributed by atoms with E-state index in [0.29, 0.717) is 28.5 Å². The van der Waals surface area contributed by atoms with E-state index in [0.717, 1.165) is 0 Å². The summed E-state index contributed by atoms with van der Waals surface area (Å²) in [6, 6.07) is 5.15. The maximum atomic E-state index is 12.3. The normalized spacial score (nSPS) is 10.3. The number of hydrogen-bond donors (Lipinski definition) is 0. The van der Waals surface area contributed by atoms with E-state index in [1.165, 1.54) is 7.11 Å². The van der Waals surface area contributed by atoms with Gasteiger partial charge in [-0.2, -0.15) is 0 Å². The highest BCUT2D eigenvalue weighted by Crippen LogP contribution is 2.22. The monoisotopic (exact) mass is 231 g/mol. The van der Waals surface area contributed by atoms with Crippen molar-refractivity contribution in [2.45, 2.75) is 13.8 Å². The topological polar surface area (TPSA) is 52.3 Å². The molecule has 0 radical (unpaired) electrons. The molecule has 0 atom stereocenters. The quantitative estimate of drug-likeness (QED) is 0.762. The molecule has 0 saturated heterocycles. The molecule has 2 rings (SSSR count). The molecular weight excluding hydrogens is 218 g/mol. The summed E-state index contributed by atoms with van der Waals surface area (Å²) in [5.41, 5.74) is 0.832. The largest absolute Gasteiger partial charge is 0.494 e. The van der Waals surface area contributed by atoms with Gasteiger partial charge in [0.05, 0.1) is 12.7 Å². The van der Waals surface area contributed by atoms with Crippen molar-refractivity contribution in [3.8, 4) is 5.75 Å². The third-order valence-electron chi connectivity index (χ3n) is 2.49. The van der Waals surface area contributed by atoms with Crippen LogP contribution in [-0.4, -0.2) is 17.9 Å². The van der Waals surface area contributed by atoms with Crippen LogP contribution in [0, 0.1) is 13.8 Å². The molecule has 0 aliphatic rings. The summed E-state index contributed by atoms with van der Waals surface area (Å²) in [4.78, 5) is 16.3. The molecule has 0 N–H and O–H groups in total. The van der Waals surface area contributed by atoms with E-state index in [2.05, 4.69) is 4.98 Å². The Balaban J connectivity index is 2.47. The van der Waals surface area contributed by atoms with Crippen LogP contribution in [0.1, 0.15) is 27.6 Å². The summed E-state index contributed by atoms with van der Waals surface area (Å²) < 4.78 is 10.5. The Bertz CT molecular complexity index is 558. The van der Waals surface area contributed by atoms with E-state index in [1.54, 1.807) is 38.2 Å². The van der Waals surface area contributed by atoms with Crippen LogP contribution >= 0.6 is 0 Å². The van der Waals surface area contributed by atoms with E-state index in [4.69, 9.17) is 9.15 Å². The van der Waals surface area contributed by atoms with Crippen LogP contribution in [0.4, 0.5) is 0 Å². The molecule has 4 heteroatoms. The van der Waals surface area contributed by atoms with E-state index < -0.39 is 0 Å². The number of furan rings is 1. The lowest BCUT2D eigenvalue weighted by Gasteiger charge is -2.04. The molecule has 0 spiro atoms. The molecule has 0 saturated carbocycles. The molecule has 2 heterocycles. The minimum absolute atomic E-state index is 0.184. The fraction of sp³-hybridized carbons (Fsp3) is 0.231. The number of ketones is 1. The van der Waals surface area contributed by atoms with Gasteiger partial charge in [0.1, 0.15) is 17.3 Å². The van der Waals surface area contributed by atoms with Crippen molar-refractivity contribution in [1.29, 1.82) is 0 Å². The predicted octanol–water partition coefficient (Wildman–Crippen LogP) is 2.53. The van der Waals surface area contributed by atoms with Crippen molar-refractivity contribution >= 4 is 5.78 Å². The Kier molecular flexibility index (Phi) is 2.95. The van der Waals surface area contributed by atoms with Gasteiger partial charge in [-0.1, -0.05) is 0 Å². The molecule has 0 fully saturated rings. The van der Waals surface area contributed by atoms with Crippen LogP contribution in [0.5, 0.6) is 5.75 Å². The predicted molar refractivity (Wildman–Crippen MR) is 62.4 cm³/mol. The first kappa shape index (κ1) is 11.4. The number of methoxy groups -OCH3 is 1. The molecule has 88 valence electrons. The van der Waals surface area contributed by atoms with Gasteiger partial charge in [0, 0.05) is 6.20 Å². The van der Waals surface area contributed by atoms with Crippen molar-refractivity contribution in [3.63, 3.8) is 0 Å². The first-order chi connectivity index (χ1) is 8.13. The first-order valence-electron chi connectivity index (χ1n) is 5.24. The summed E-state index contributed by atoms with van der Waals surface area (Å²) >= 11 is 0. The van der Waals surface area contributed by atoms with Crippen LogP contribution in [0.15, 0.2) is 28.8 Å². The van der Waals surface area contributed by atoms with Crippen LogP contribution in [-0.2, 0) is 0 Å². The molecule has 4 nitrogen and oxygen atoms in total. The summed E-state index contributed by atoms with van der Waals surface area (Å²) in [5.74, 6) is 1.59. The second kappa shape index (κ2) is 4.41. The zero-order valence-corrected chi connectivity index (χ0v) is 9.98. The molecule has 0 aliphatic heterocycles. The first-order valence-corrected chi connectivity index (χ1v) is 5.24. The Morgan fingerprint density at radius 3 is 2.76 bits per heavy atom. The highest BCUT2D eigenvalue weighted by atomic mass is 16.5. The Labute approximate surface area is 99.2 Å². The number of carbonyl (C=O) groups excluding carboxylic acids is 1. The lowest BCUT2D eigenvalue weighted by atomic mass is 10.1. The smallest absolute Gasteiger partial charge is 0.218 e. The third-order valence-corrected chi connectivity index (χ3v) is 2.49. The van der Waals surface area contributed by atoms with Gasteiger partial charge in [0.2, 0.25) is 5.78 Å². The number of aryl methyl sites for hydroxylation is 2. The zero-order chi connectivity index (χ0) is 12.4. The third kappa shape index (κ3) is 2.06. The van der Waals surface area contributed by atoms with Crippen LogP contribution < -0.4 is 4.74 Å². The van der Waals surface area contributed by atoms with E-state index in [-0.39, 0.29) is 5.78 Å². The lowest BCUT2D eigenvalue weighted by Crippen LogP contribution is -2.06. The van der Waals surface area contributed by atoms with Crippen molar-refractivity contribution in [3.05, 3.63) is 47.2 Å². The van der Waals surface area contributed by atoms with Gasteiger partial charge < -0.3 is 9.15 Å². The highest BCUT2D eigenvalue weighted by molar-refractivity contribution is 6.10. The average Bonchev–Trinajstić information content (AvgIpc) is 2.67. The summed E-state index contributed by atoms with van der Waals surface area (Å²) in [6.07, 6.45) is 1.57. The highest BCUT2D eigenvalue weighted by Gasteiger charge is 2.20. The Hall–Kier alpha value is -2.10. The van der Waals surface area contributed by atoms with Gasteiger partial charge in [0.25, 0.3) is 0 Å². The number of carbonyl (C=O) groups is 1. The molecule has 17 heavy (non-hydrogen) atoms. The number of nitrogens with zero attached hydrogens (tertiary/aromatic N) is 1. The minimum atomic E-state index is -0.184. The minimum Gasteiger partial charge on any atom is -0.494 e. The number of hydrogen-bond acceptors (Lipinski definition) is 4. The van der Waals surface area contributed by atoms with Crippen molar-refractivity contribution in [1.82, 2.24) is 4.98 Å². The average molecular weight is 231 g/mol. The van der Waals surface area contributed by atoms with Crippen LogP contribution in [0.2, 0.25) is 0 Å². The maximum absolute atomic E-state index is 12.3. The summed E-state index contributed by atoms with van der Waals surface area (Å²) in [7, 11) is 1.52. The molecule has 0 unspecified atom stereocenters. The van der Waals surface area contributed by atoms with Gasteiger partial charge in [-0.15, -0.1) is 0 Å². The fourth-order valence-electron chi connectivity index (χ4n) is 1.71. The van der Waals surface area contributed by atoms with Crippen LogP contribution in [0.25, 0.3) is 0 Å². The number of pyridine rings is 1. The van der Waals surface area contributed by atoms with Gasteiger partial charge in [-0.05, 0) is 32.0 Å². The van der Waals surface area contributed by atoms with Crippen molar-refractivity contribution in [2.75, 3.05) is 7.11 Å². The van der Waals surface area contributed by atoms with Crippen molar-refractivity contribution < 1.29 is 13.9 Å². The molecular formula is C13H13NO3. The molecule has 0 aromatic carbocycles. The maximum Gasteiger partial charge on any atom is 0.218 e. The number of ether oxygens (including phenoxy) is 1. The summed E-state index contributed by atoms with van der Waals surface area (Å²) in [6.45, 7) is 3.56. The second-order valence-electron chi connectivity index (χ2n) is 3.71. The van der Waals surface area contributed by atoms with Crippen molar-refractivity contribution in [2.24, 2.45) is 0 Å². The number of rotatable bonds is 3. The molecule has 2 aromatic heterocycles. The number of aromatic nitrogens is 1.